The molecule has 1 aromatic heterocycles. The number of aromatic amines is 1. The zero-order valence-corrected chi connectivity index (χ0v) is 13.5. The summed E-state index contributed by atoms with van der Waals surface area (Å²) in [5, 5.41) is 7.27. The summed E-state index contributed by atoms with van der Waals surface area (Å²) in [6.07, 6.45) is 0. The van der Waals surface area contributed by atoms with Crippen molar-refractivity contribution in [3.8, 4) is 22.8 Å². The maximum absolute atomic E-state index is 4.55. The second-order valence-corrected chi connectivity index (χ2v) is 6.10. The third-order valence-corrected chi connectivity index (χ3v) is 4.06. The van der Waals surface area contributed by atoms with Crippen LogP contribution in [0, 0.1) is 3.57 Å². The average Bonchev–Trinajstić information content (AvgIpc) is 2.92. The van der Waals surface area contributed by atoms with Gasteiger partial charge in [-0.2, -0.15) is 5.10 Å². The number of nitrogens with one attached hydrogen (secondary N) is 1. The van der Waals surface area contributed by atoms with Gasteiger partial charge in [-0.25, -0.2) is 4.98 Å². The van der Waals surface area contributed by atoms with Crippen LogP contribution in [0.1, 0.15) is 0 Å². The Morgan fingerprint density at radius 2 is 1.84 bits per heavy atom. The minimum absolute atomic E-state index is 0.710. The van der Waals surface area contributed by atoms with Gasteiger partial charge in [-0.15, -0.1) is 0 Å². The highest BCUT2D eigenvalue weighted by atomic mass is 127. The molecule has 0 unspecified atom stereocenters. The Labute approximate surface area is 132 Å². The molecule has 0 fully saturated rings. The number of hydrogen-bond acceptors (Lipinski definition) is 2. The smallest absolute Gasteiger partial charge is 0.181 e. The SMILES string of the molecule is Brc1ccc(I)cc1-c1nc(-c2ccccc2)n[nH]1. The molecule has 0 atom stereocenters. The van der Waals surface area contributed by atoms with Crippen LogP contribution in [-0.4, -0.2) is 15.2 Å². The van der Waals surface area contributed by atoms with E-state index in [2.05, 4.69) is 59.8 Å². The quantitative estimate of drug-likeness (QED) is 0.614. The van der Waals surface area contributed by atoms with Crippen LogP contribution in [0.4, 0.5) is 0 Å². The molecular formula is C14H9BrIN3. The van der Waals surface area contributed by atoms with Crippen molar-refractivity contribution < 1.29 is 0 Å². The van der Waals surface area contributed by atoms with Crippen LogP contribution in [0.25, 0.3) is 22.8 Å². The van der Waals surface area contributed by atoms with Crippen molar-refractivity contribution in [2.24, 2.45) is 0 Å². The van der Waals surface area contributed by atoms with E-state index < -0.39 is 0 Å². The minimum atomic E-state index is 0.710. The van der Waals surface area contributed by atoms with Crippen molar-refractivity contribution in [3.63, 3.8) is 0 Å². The molecule has 0 aliphatic heterocycles. The van der Waals surface area contributed by atoms with Gasteiger partial charge in [0.15, 0.2) is 11.6 Å². The first-order chi connectivity index (χ1) is 9.24. The predicted molar refractivity (Wildman–Crippen MR) is 87.7 cm³/mol. The Kier molecular flexibility index (Phi) is 3.65. The van der Waals surface area contributed by atoms with Crippen molar-refractivity contribution in [1.29, 1.82) is 0 Å². The van der Waals surface area contributed by atoms with Crippen LogP contribution in [-0.2, 0) is 0 Å². The van der Waals surface area contributed by atoms with Crippen molar-refractivity contribution >= 4 is 38.5 Å². The summed E-state index contributed by atoms with van der Waals surface area (Å²) < 4.78 is 2.16. The summed E-state index contributed by atoms with van der Waals surface area (Å²) >= 11 is 5.83. The van der Waals surface area contributed by atoms with Crippen LogP contribution >= 0.6 is 38.5 Å². The molecule has 3 nitrogen and oxygen atoms in total. The number of aromatic nitrogens is 3. The fourth-order valence-corrected chi connectivity index (χ4v) is 2.70. The van der Waals surface area contributed by atoms with Crippen molar-refractivity contribution in [1.82, 2.24) is 15.2 Å². The molecule has 19 heavy (non-hydrogen) atoms. The first-order valence-electron chi connectivity index (χ1n) is 5.67. The Morgan fingerprint density at radius 3 is 2.63 bits per heavy atom. The highest BCUT2D eigenvalue weighted by molar-refractivity contribution is 14.1. The molecule has 0 saturated heterocycles. The lowest BCUT2D eigenvalue weighted by Gasteiger charge is -2.00. The molecule has 0 bridgehead atoms. The zero-order valence-electron chi connectivity index (χ0n) is 9.77. The van der Waals surface area contributed by atoms with Crippen LogP contribution < -0.4 is 0 Å². The van der Waals surface area contributed by atoms with Crippen LogP contribution in [0.3, 0.4) is 0 Å². The summed E-state index contributed by atoms with van der Waals surface area (Å²) in [6, 6.07) is 16.1. The van der Waals surface area contributed by atoms with Crippen molar-refractivity contribution in [3.05, 3.63) is 56.6 Å². The van der Waals surface area contributed by atoms with Crippen molar-refractivity contribution in [2.75, 3.05) is 0 Å². The van der Waals surface area contributed by atoms with E-state index in [-0.39, 0.29) is 0 Å². The number of benzene rings is 2. The number of hydrogen-bond donors (Lipinski definition) is 1. The van der Waals surface area contributed by atoms with E-state index in [0.29, 0.717) is 5.82 Å². The number of halogens is 2. The van der Waals surface area contributed by atoms with E-state index in [1.54, 1.807) is 0 Å². The molecule has 0 amide bonds. The van der Waals surface area contributed by atoms with E-state index in [1.165, 1.54) is 0 Å². The van der Waals surface area contributed by atoms with E-state index in [9.17, 15) is 0 Å². The fraction of sp³-hybridized carbons (Fsp3) is 0. The molecule has 3 aromatic rings. The zero-order chi connectivity index (χ0) is 13.2. The Hall–Kier alpha value is -1.21. The minimum Gasteiger partial charge on any atom is -0.259 e. The van der Waals surface area contributed by atoms with Gasteiger partial charge in [-0.1, -0.05) is 46.3 Å². The van der Waals surface area contributed by atoms with Gasteiger partial charge < -0.3 is 0 Å². The van der Waals surface area contributed by atoms with Gasteiger partial charge >= 0.3 is 0 Å². The number of nitrogens with zero attached hydrogens (tertiary/aromatic N) is 2. The Balaban J connectivity index is 2.04. The molecule has 0 radical (unpaired) electrons. The molecule has 1 N–H and O–H groups in total. The predicted octanol–water partition coefficient (Wildman–Crippen LogP) is 4.51. The monoisotopic (exact) mass is 425 g/mol. The highest BCUT2D eigenvalue weighted by Crippen LogP contribution is 2.28. The van der Waals surface area contributed by atoms with Gasteiger partial charge in [0.05, 0.1) is 0 Å². The average molecular weight is 426 g/mol. The second kappa shape index (κ2) is 5.42. The first-order valence-corrected chi connectivity index (χ1v) is 7.54. The third kappa shape index (κ3) is 2.71. The van der Waals surface area contributed by atoms with Crippen molar-refractivity contribution in [2.45, 2.75) is 0 Å². The Morgan fingerprint density at radius 1 is 1.05 bits per heavy atom. The number of H-pyrrole nitrogens is 1. The molecule has 94 valence electrons. The maximum Gasteiger partial charge on any atom is 0.181 e. The molecule has 1 heterocycles. The molecule has 0 saturated carbocycles. The van der Waals surface area contributed by atoms with Gasteiger partial charge in [-0.3, -0.25) is 5.10 Å². The summed E-state index contributed by atoms with van der Waals surface area (Å²) in [4.78, 5) is 4.55. The van der Waals surface area contributed by atoms with E-state index >= 15 is 0 Å². The molecule has 3 rings (SSSR count). The highest BCUT2D eigenvalue weighted by Gasteiger charge is 2.10. The lowest BCUT2D eigenvalue weighted by Crippen LogP contribution is -1.84. The van der Waals surface area contributed by atoms with Crippen LogP contribution in [0.2, 0.25) is 0 Å². The molecule has 0 spiro atoms. The molecule has 0 aliphatic rings. The molecule has 0 aliphatic carbocycles. The Bertz CT molecular complexity index is 710. The van der Waals surface area contributed by atoms with Gasteiger partial charge in [0.25, 0.3) is 0 Å². The van der Waals surface area contributed by atoms with Crippen LogP contribution in [0.15, 0.2) is 53.0 Å². The normalized spacial score (nSPS) is 10.6. The molecule has 2 aromatic carbocycles. The molecular weight excluding hydrogens is 417 g/mol. The number of rotatable bonds is 2. The summed E-state index contributed by atoms with van der Waals surface area (Å²) in [7, 11) is 0. The maximum atomic E-state index is 4.55. The molecule has 5 heteroatoms. The van der Waals surface area contributed by atoms with Gasteiger partial charge in [0.1, 0.15) is 0 Å². The first kappa shape index (κ1) is 12.8. The van der Waals surface area contributed by atoms with Gasteiger partial charge in [0, 0.05) is 19.2 Å². The third-order valence-electron chi connectivity index (χ3n) is 2.70. The largest absolute Gasteiger partial charge is 0.259 e. The van der Waals surface area contributed by atoms with E-state index in [4.69, 9.17) is 0 Å². The second-order valence-electron chi connectivity index (χ2n) is 4.00. The van der Waals surface area contributed by atoms with E-state index in [1.807, 2.05) is 42.5 Å². The van der Waals surface area contributed by atoms with Gasteiger partial charge in [0.2, 0.25) is 0 Å². The lowest BCUT2D eigenvalue weighted by atomic mass is 10.2. The standard InChI is InChI=1S/C14H9BrIN3/c15-12-7-6-10(16)8-11(12)14-17-13(18-19-14)9-4-2-1-3-5-9/h1-8H,(H,17,18,19). The summed E-state index contributed by atoms with van der Waals surface area (Å²) in [6.45, 7) is 0. The summed E-state index contributed by atoms with van der Waals surface area (Å²) in [5.74, 6) is 1.48. The lowest BCUT2D eigenvalue weighted by molar-refractivity contribution is 1.10. The van der Waals surface area contributed by atoms with E-state index in [0.717, 1.165) is 25.0 Å². The summed E-state index contributed by atoms with van der Waals surface area (Å²) in [5.41, 5.74) is 2.02. The van der Waals surface area contributed by atoms with Crippen LogP contribution in [0.5, 0.6) is 0 Å². The topological polar surface area (TPSA) is 41.6 Å². The van der Waals surface area contributed by atoms with Gasteiger partial charge in [-0.05, 0) is 40.8 Å². The fourth-order valence-electron chi connectivity index (χ4n) is 1.78.